The first-order valence-electron chi connectivity index (χ1n) is 6.01. The van der Waals surface area contributed by atoms with Crippen LogP contribution in [0.4, 0.5) is 0 Å². The molecule has 0 saturated carbocycles. The van der Waals surface area contributed by atoms with Crippen LogP contribution in [-0.2, 0) is 16.1 Å². The number of rotatable bonds is 7. The lowest BCUT2D eigenvalue weighted by Crippen LogP contribution is -2.46. The smallest absolute Gasteiger partial charge is 0.302 e. The van der Waals surface area contributed by atoms with Crippen LogP contribution in [0, 0.1) is 5.21 Å². The van der Waals surface area contributed by atoms with Crippen LogP contribution in [0.5, 0.6) is 0 Å². The van der Waals surface area contributed by atoms with Gasteiger partial charge in [0.25, 0.3) is 0 Å². The van der Waals surface area contributed by atoms with E-state index in [9.17, 15) is 10.0 Å². The summed E-state index contributed by atoms with van der Waals surface area (Å²) in [6, 6.07) is 6.98. The predicted molar refractivity (Wildman–Crippen MR) is 72.2 cm³/mol. The number of quaternary nitrogens is 1. The fourth-order valence-corrected chi connectivity index (χ4v) is 1.86. The molecule has 0 amide bonds. The third-order valence-electron chi connectivity index (χ3n) is 2.70. The van der Waals surface area contributed by atoms with Crippen LogP contribution in [0.3, 0.4) is 0 Å². The molecule has 106 valence electrons. The Morgan fingerprint density at radius 3 is 2.53 bits per heavy atom. The summed E-state index contributed by atoms with van der Waals surface area (Å²) in [5.74, 6) is -0.415. The maximum Gasteiger partial charge on any atom is 0.302 e. The Labute approximate surface area is 117 Å². The summed E-state index contributed by atoms with van der Waals surface area (Å²) < 4.78 is 4.15. The SMILES string of the molecule is CC(=O)OCC[N+]([O-])(CCO)Cc1ccc(Cl)cc1. The van der Waals surface area contributed by atoms with Gasteiger partial charge in [0.2, 0.25) is 0 Å². The summed E-state index contributed by atoms with van der Waals surface area (Å²) in [6.45, 7) is 1.51. The number of hydrogen-bond acceptors (Lipinski definition) is 4. The van der Waals surface area contributed by atoms with Crippen LogP contribution in [0.1, 0.15) is 12.5 Å². The number of aliphatic hydroxyl groups is 1. The molecule has 19 heavy (non-hydrogen) atoms. The zero-order valence-electron chi connectivity index (χ0n) is 10.8. The lowest BCUT2D eigenvalue weighted by Gasteiger charge is -2.42. The molecule has 6 heteroatoms. The van der Waals surface area contributed by atoms with E-state index < -0.39 is 10.6 Å². The summed E-state index contributed by atoms with van der Waals surface area (Å²) in [5.41, 5.74) is 0.829. The molecule has 0 bridgehead atoms. The van der Waals surface area contributed by atoms with Gasteiger partial charge in [-0.2, -0.15) is 0 Å². The molecule has 0 heterocycles. The molecule has 0 radical (unpaired) electrons. The van der Waals surface area contributed by atoms with E-state index >= 15 is 0 Å². The van der Waals surface area contributed by atoms with E-state index in [0.29, 0.717) is 5.02 Å². The summed E-state index contributed by atoms with van der Waals surface area (Å²) in [6.07, 6.45) is 0. The average molecular weight is 288 g/mol. The average Bonchev–Trinajstić information content (AvgIpc) is 2.32. The summed E-state index contributed by atoms with van der Waals surface area (Å²) >= 11 is 5.78. The van der Waals surface area contributed by atoms with Gasteiger partial charge in [0.05, 0.1) is 6.61 Å². The first kappa shape index (κ1) is 15.9. The molecule has 0 aliphatic carbocycles. The van der Waals surface area contributed by atoms with Gasteiger partial charge in [-0.1, -0.05) is 23.7 Å². The van der Waals surface area contributed by atoms with Crippen LogP contribution in [0.25, 0.3) is 0 Å². The van der Waals surface area contributed by atoms with E-state index in [0.717, 1.165) is 5.56 Å². The molecule has 0 aliphatic rings. The minimum atomic E-state index is -0.634. The Morgan fingerprint density at radius 1 is 1.37 bits per heavy atom. The Bertz CT molecular complexity index is 410. The zero-order valence-corrected chi connectivity index (χ0v) is 11.6. The van der Waals surface area contributed by atoms with E-state index in [1.807, 2.05) is 0 Å². The fraction of sp³-hybridized carbons (Fsp3) is 0.462. The summed E-state index contributed by atoms with van der Waals surface area (Å²) in [4.78, 5) is 10.7. The molecular formula is C13H18ClNO4. The van der Waals surface area contributed by atoms with Gasteiger partial charge in [-0.05, 0) is 12.1 Å². The van der Waals surface area contributed by atoms with Crippen molar-refractivity contribution in [2.75, 3.05) is 26.3 Å². The predicted octanol–water partition coefficient (Wildman–Crippen LogP) is 1.71. The number of carbonyl (C=O) groups is 1. The number of hydroxylamine groups is 3. The molecule has 1 unspecified atom stereocenters. The highest BCUT2D eigenvalue weighted by Gasteiger charge is 2.17. The van der Waals surface area contributed by atoms with Gasteiger partial charge >= 0.3 is 5.97 Å². The first-order chi connectivity index (χ1) is 8.95. The number of esters is 1. The van der Waals surface area contributed by atoms with Crippen molar-refractivity contribution >= 4 is 17.6 Å². The lowest BCUT2D eigenvalue weighted by molar-refractivity contribution is -0.894. The first-order valence-corrected chi connectivity index (χ1v) is 6.39. The number of nitrogens with zero attached hydrogens (tertiary/aromatic N) is 1. The Hall–Kier alpha value is -1.14. The van der Waals surface area contributed by atoms with Crippen molar-refractivity contribution in [3.63, 3.8) is 0 Å². The molecule has 0 saturated heterocycles. The normalized spacial score (nSPS) is 13.9. The second-order valence-electron chi connectivity index (χ2n) is 4.35. The van der Waals surface area contributed by atoms with Gasteiger partial charge in [-0.25, -0.2) is 0 Å². The molecule has 1 atom stereocenters. The second kappa shape index (κ2) is 7.45. The molecule has 1 aromatic rings. The summed E-state index contributed by atoms with van der Waals surface area (Å²) in [5, 5.41) is 22.1. The third-order valence-corrected chi connectivity index (χ3v) is 2.95. The number of ether oxygens (including phenoxy) is 1. The van der Waals surface area contributed by atoms with E-state index in [1.165, 1.54) is 6.92 Å². The van der Waals surface area contributed by atoms with Crippen molar-refractivity contribution in [1.29, 1.82) is 0 Å². The lowest BCUT2D eigenvalue weighted by atomic mass is 10.2. The van der Waals surface area contributed by atoms with E-state index in [-0.39, 0.29) is 32.8 Å². The van der Waals surface area contributed by atoms with Crippen LogP contribution in [-0.4, -0.2) is 42.0 Å². The number of carbonyl (C=O) groups excluding carboxylic acids is 1. The minimum Gasteiger partial charge on any atom is -0.632 e. The van der Waals surface area contributed by atoms with E-state index in [4.69, 9.17) is 21.4 Å². The van der Waals surface area contributed by atoms with Crippen LogP contribution < -0.4 is 0 Å². The van der Waals surface area contributed by atoms with Crippen molar-refractivity contribution in [2.45, 2.75) is 13.5 Å². The maximum atomic E-state index is 12.5. The highest BCUT2D eigenvalue weighted by atomic mass is 35.5. The molecule has 5 nitrogen and oxygen atoms in total. The van der Waals surface area contributed by atoms with Gasteiger partial charge in [0.1, 0.15) is 26.2 Å². The number of halogens is 1. The Balaban J connectivity index is 2.63. The highest BCUT2D eigenvalue weighted by Crippen LogP contribution is 2.15. The maximum absolute atomic E-state index is 12.5. The quantitative estimate of drug-likeness (QED) is 0.471. The topological polar surface area (TPSA) is 69.6 Å². The van der Waals surface area contributed by atoms with Gasteiger partial charge in [-0.3, -0.25) is 4.79 Å². The molecule has 1 rings (SSSR count). The minimum absolute atomic E-state index is 0.0480. The molecular weight excluding hydrogens is 270 g/mol. The number of hydrogen-bond donors (Lipinski definition) is 1. The van der Waals surface area contributed by atoms with E-state index in [1.54, 1.807) is 24.3 Å². The van der Waals surface area contributed by atoms with Crippen LogP contribution in [0.15, 0.2) is 24.3 Å². The summed E-state index contributed by atoms with van der Waals surface area (Å²) in [7, 11) is 0. The van der Waals surface area contributed by atoms with Crippen molar-refractivity contribution in [1.82, 2.24) is 0 Å². The number of benzene rings is 1. The largest absolute Gasteiger partial charge is 0.632 e. The van der Waals surface area contributed by atoms with Gasteiger partial charge < -0.3 is 19.7 Å². The fourth-order valence-electron chi connectivity index (χ4n) is 1.73. The van der Waals surface area contributed by atoms with Crippen LogP contribution >= 0.6 is 11.6 Å². The molecule has 1 N–H and O–H groups in total. The molecule has 1 aromatic carbocycles. The van der Waals surface area contributed by atoms with Crippen molar-refractivity contribution in [3.05, 3.63) is 40.1 Å². The monoisotopic (exact) mass is 287 g/mol. The van der Waals surface area contributed by atoms with Gasteiger partial charge in [0.15, 0.2) is 0 Å². The molecule has 0 fully saturated rings. The van der Waals surface area contributed by atoms with E-state index in [2.05, 4.69) is 0 Å². The molecule has 0 aliphatic heterocycles. The second-order valence-corrected chi connectivity index (χ2v) is 4.79. The van der Waals surface area contributed by atoms with Crippen molar-refractivity contribution in [3.8, 4) is 0 Å². The van der Waals surface area contributed by atoms with Gasteiger partial charge in [0, 0.05) is 17.5 Å². The standard InChI is InChI=1S/C13H18ClNO4/c1-11(17)19-9-7-15(18,6-8-16)10-12-2-4-13(14)5-3-12/h2-5,16H,6-10H2,1H3. The van der Waals surface area contributed by atoms with Crippen LogP contribution in [0.2, 0.25) is 5.02 Å². The van der Waals surface area contributed by atoms with Gasteiger partial charge in [-0.15, -0.1) is 0 Å². The van der Waals surface area contributed by atoms with Crippen molar-refractivity contribution in [2.24, 2.45) is 0 Å². The molecule has 0 spiro atoms. The van der Waals surface area contributed by atoms with Crippen molar-refractivity contribution < 1.29 is 19.3 Å². The number of aliphatic hydroxyl groups excluding tert-OH is 1. The third kappa shape index (κ3) is 6.02. The zero-order chi connectivity index (χ0) is 14.3. The Morgan fingerprint density at radius 2 is 2.00 bits per heavy atom. The highest BCUT2D eigenvalue weighted by molar-refractivity contribution is 6.30. The molecule has 0 aromatic heterocycles. The Kier molecular flexibility index (Phi) is 6.24.